The van der Waals surface area contributed by atoms with Crippen LogP contribution >= 0.6 is 11.6 Å². The average molecular weight is 429 g/mol. The van der Waals surface area contributed by atoms with Gasteiger partial charge >= 0.3 is 0 Å². The van der Waals surface area contributed by atoms with Gasteiger partial charge in [0.2, 0.25) is 0 Å². The Kier molecular flexibility index (Phi) is 6.64. The SMILES string of the molecule is O=C(NCCCl)c1cc(Cc2ccc(F)cc2)cc(-c2cccc([N+](=O)[O-])c2)c1O. The second kappa shape index (κ2) is 9.37. The zero-order chi connectivity index (χ0) is 21.7. The molecule has 0 bridgehead atoms. The molecule has 8 heteroatoms. The molecule has 2 N–H and O–H groups in total. The van der Waals surface area contributed by atoms with Crippen molar-refractivity contribution in [3.63, 3.8) is 0 Å². The fourth-order valence-corrected chi connectivity index (χ4v) is 3.16. The number of carbonyl (C=O) groups excluding carboxylic acids is 1. The van der Waals surface area contributed by atoms with Crippen LogP contribution in [0.1, 0.15) is 21.5 Å². The predicted octanol–water partition coefficient (Wildman–Crippen LogP) is 4.67. The monoisotopic (exact) mass is 428 g/mol. The van der Waals surface area contributed by atoms with Crippen molar-refractivity contribution in [1.29, 1.82) is 0 Å². The highest BCUT2D eigenvalue weighted by molar-refractivity contribution is 6.18. The van der Waals surface area contributed by atoms with Crippen LogP contribution in [-0.2, 0) is 6.42 Å². The van der Waals surface area contributed by atoms with Gasteiger partial charge in [0.1, 0.15) is 11.6 Å². The summed E-state index contributed by atoms with van der Waals surface area (Å²) in [7, 11) is 0. The lowest BCUT2D eigenvalue weighted by atomic mass is 9.94. The Morgan fingerprint density at radius 2 is 1.83 bits per heavy atom. The second-order valence-electron chi connectivity index (χ2n) is 6.60. The molecule has 0 atom stereocenters. The van der Waals surface area contributed by atoms with E-state index in [1.165, 1.54) is 30.3 Å². The maximum atomic E-state index is 13.2. The van der Waals surface area contributed by atoms with Crippen molar-refractivity contribution < 1.29 is 19.2 Å². The highest BCUT2D eigenvalue weighted by Gasteiger charge is 2.19. The maximum absolute atomic E-state index is 13.2. The van der Waals surface area contributed by atoms with Gasteiger partial charge in [0.05, 0.1) is 10.5 Å². The highest BCUT2D eigenvalue weighted by atomic mass is 35.5. The number of hydrogen-bond donors (Lipinski definition) is 2. The Morgan fingerprint density at radius 1 is 1.10 bits per heavy atom. The fourth-order valence-electron chi connectivity index (χ4n) is 3.07. The second-order valence-corrected chi connectivity index (χ2v) is 6.97. The number of non-ortho nitro benzene ring substituents is 1. The molecular weight excluding hydrogens is 411 g/mol. The first kappa shape index (κ1) is 21.3. The standard InChI is InChI=1S/C22H18ClFN2O4/c23-8-9-25-22(28)20-12-15(10-14-4-6-17(24)7-5-14)11-19(21(20)27)16-2-1-3-18(13-16)26(29)30/h1-7,11-13,27H,8-10H2,(H,25,28). The summed E-state index contributed by atoms with van der Waals surface area (Å²) in [6.07, 6.45) is 0.373. The van der Waals surface area contributed by atoms with Gasteiger partial charge in [0.25, 0.3) is 11.6 Å². The van der Waals surface area contributed by atoms with E-state index in [-0.39, 0.29) is 40.8 Å². The van der Waals surface area contributed by atoms with Gasteiger partial charge in [-0.05, 0) is 47.4 Å². The van der Waals surface area contributed by atoms with Crippen LogP contribution in [0.2, 0.25) is 0 Å². The highest BCUT2D eigenvalue weighted by Crippen LogP contribution is 2.35. The van der Waals surface area contributed by atoms with E-state index in [2.05, 4.69) is 5.32 Å². The number of benzene rings is 3. The maximum Gasteiger partial charge on any atom is 0.270 e. The molecule has 0 radical (unpaired) electrons. The molecule has 30 heavy (non-hydrogen) atoms. The van der Waals surface area contributed by atoms with Crippen molar-refractivity contribution in [1.82, 2.24) is 5.32 Å². The van der Waals surface area contributed by atoms with E-state index < -0.39 is 10.8 Å². The van der Waals surface area contributed by atoms with Crippen LogP contribution < -0.4 is 5.32 Å². The van der Waals surface area contributed by atoms with Crippen molar-refractivity contribution in [2.45, 2.75) is 6.42 Å². The molecule has 0 fully saturated rings. The zero-order valence-corrected chi connectivity index (χ0v) is 16.5. The Hall–Kier alpha value is -3.45. The minimum atomic E-state index is -0.531. The van der Waals surface area contributed by atoms with Crippen LogP contribution in [0.25, 0.3) is 11.1 Å². The molecule has 3 aromatic carbocycles. The molecule has 0 aliphatic rings. The fraction of sp³-hybridized carbons (Fsp3) is 0.136. The number of nitrogens with one attached hydrogen (secondary N) is 1. The third-order valence-electron chi connectivity index (χ3n) is 4.48. The van der Waals surface area contributed by atoms with E-state index in [1.807, 2.05) is 0 Å². The Morgan fingerprint density at radius 3 is 2.50 bits per heavy atom. The summed E-state index contributed by atoms with van der Waals surface area (Å²) in [6, 6.07) is 14.9. The summed E-state index contributed by atoms with van der Waals surface area (Å²) >= 11 is 5.63. The first-order valence-electron chi connectivity index (χ1n) is 9.08. The lowest BCUT2D eigenvalue weighted by Gasteiger charge is -2.14. The van der Waals surface area contributed by atoms with Crippen molar-refractivity contribution in [2.75, 3.05) is 12.4 Å². The molecule has 0 spiro atoms. The van der Waals surface area contributed by atoms with E-state index in [0.29, 0.717) is 17.5 Å². The van der Waals surface area contributed by atoms with Crippen molar-refractivity contribution in [3.05, 3.63) is 93.3 Å². The van der Waals surface area contributed by atoms with Gasteiger partial charge in [0, 0.05) is 30.1 Å². The summed E-state index contributed by atoms with van der Waals surface area (Å²) in [5.41, 5.74) is 2.06. The van der Waals surface area contributed by atoms with Crippen molar-refractivity contribution >= 4 is 23.2 Å². The Bertz CT molecular complexity index is 1090. The number of carbonyl (C=O) groups is 1. The minimum absolute atomic E-state index is 0.0289. The smallest absolute Gasteiger partial charge is 0.270 e. The molecule has 0 heterocycles. The quantitative estimate of drug-likeness (QED) is 0.325. The average Bonchev–Trinajstić information content (AvgIpc) is 2.74. The first-order chi connectivity index (χ1) is 14.4. The molecule has 0 aliphatic heterocycles. The molecule has 154 valence electrons. The Labute approximate surface area is 177 Å². The molecule has 3 aromatic rings. The minimum Gasteiger partial charge on any atom is -0.506 e. The number of hydrogen-bond acceptors (Lipinski definition) is 4. The van der Waals surface area contributed by atoms with Gasteiger partial charge < -0.3 is 10.4 Å². The van der Waals surface area contributed by atoms with E-state index in [4.69, 9.17) is 11.6 Å². The van der Waals surface area contributed by atoms with E-state index in [9.17, 15) is 24.4 Å². The van der Waals surface area contributed by atoms with Crippen molar-refractivity contribution in [2.24, 2.45) is 0 Å². The van der Waals surface area contributed by atoms with Gasteiger partial charge in [-0.1, -0.05) is 24.3 Å². The summed E-state index contributed by atoms with van der Waals surface area (Å²) in [5.74, 6) is -0.950. The number of rotatable bonds is 7. The molecule has 3 rings (SSSR count). The van der Waals surface area contributed by atoms with Gasteiger partial charge in [-0.25, -0.2) is 4.39 Å². The number of nitro groups is 1. The first-order valence-corrected chi connectivity index (χ1v) is 9.62. The van der Waals surface area contributed by atoms with Gasteiger partial charge in [-0.2, -0.15) is 0 Å². The van der Waals surface area contributed by atoms with Crippen LogP contribution in [0.5, 0.6) is 5.75 Å². The normalized spacial score (nSPS) is 10.6. The third-order valence-corrected chi connectivity index (χ3v) is 4.67. The largest absolute Gasteiger partial charge is 0.506 e. The van der Waals surface area contributed by atoms with Gasteiger partial charge in [-0.3, -0.25) is 14.9 Å². The number of halogens is 2. The Balaban J connectivity index is 2.10. The summed E-state index contributed by atoms with van der Waals surface area (Å²) < 4.78 is 13.2. The number of amides is 1. The predicted molar refractivity (Wildman–Crippen MR) is 112 cm³/mol. The molecule has 0 saturated heterocycles. The van der Waals surface area contributed by atoms with Crippen LogP contribution in [0.15, 0.2) is 60.7 Å². The van der Waals surface area contributed by atoms with E-state index in [0.717, 1.165) is 5.56 Å². The zero-order valence-electron chi connectivity index (χ0n) is 15.8. The third kappa shape index (κ3) is 4.93. The molecular formula is C22H18ClFN2O4. The number of nitrogens with zero attached hydrogens (tertiary/aromatic N) is 1. The molecule has 0 aromatic heterocycles. The molecule has 0 unspecified atom stereocenters. The summed E-state index contributed by atoms with van der Waals surface area (Å²) in [4.78, 5) is 23.1. The topological polar surface area (TPSA) is 92.5 Å². The lowest BCUT2D eigenvalue weighted by Crippen LogP contribution is -2.25. The number of aromatic hydroxyl groups is 1. The molecule has 0 saturated carbocycles. The summed E-state index contributed by atoms with van der Waals surface area (Å²) in [5, 5.41) is 24.5. The molecule has 0 aliphatic carbocycles. The number of phenolic OH excluding ortho intramolecular Hbond substituents is 1. The van der Waals surface area contributed by atoms with E-state index >= 15 is 0 Å². The van der Waals surface area contributed by atoms with Gasteiger partial charge in [0.15, 0.2) is 0 Å². The van der Waals surface area contributed by atoms with E-state index in [1.54, 1.807) is 30.3 Å². The number of phenols is 1. The van der Waals surface area contributed by atoms with Crippen molar-refractivity contribution in [3.8, 4) is 16.9 Å². The van der Waals surface area contributed by atoms with Crippen LogP contribution in [-0.4, -0.2) is 28.4 Å². The molecule has 6 nitrogen and oxygen atoms in total. The van der Waals surface area contributed by atoms with Crippen LogP contribution in [0, 0.1) is 15.9 Å². The van der Waals surface area contributed by atoms with Gasteiger partial charge in [-0.15, -0.1) is 11.6 Å². The van der Waals surface area contributed by atoms with Crippen LogP contribution in [0.4, 0.5) is 10.1 Å². The number of alkyl halides is 1. The lowest BCUT2D eigenvalue weighted by molar-refractivity contribution is -0.384. The molecule has 1 amide bonds. The number of nitro benzene ring substituents is 1. The summed E-state index contributed by atoms with van der Waals surface area (Å²) in [6.45, 7) is 0.216. The van der Waals surface area contributed by atoms with Crippen LogP contribution in [0.3, 0.4) is 0 Å².